The molecule has 1 aromatic rings. The van der Waals surface area contributed by atoms with Crippen LogP contribution >= 0.6 is 0 Å². The summed E-state index contributed by atoms with van der Waals surface area (Å²) in [7, 11) is 1.50. The van der Waals surface area contributed by atoms with Gasteiger partial charge in [-0.3, -0.25) is 9.63 Å². The molecule has 1 aromatic carbocycles. The number of carbonyl (C=O) groups is 1. The summed E-state index contributed by atoms with van der Waals surface area (Å²) in [5.41, 5.74) is 2.59. The van der Waals surface area contributed by atoms with E-state index in [1.807, 2.05) is 37.3 Å². The molecule has 3 nitrogen and oxygen atoms in total. The Kier molecular flexibility index (Phi) is 2.56. The van der Waals surface area contributed by atoms with E-state index in [2.05, 4.69) is 0 Å². The van der Waals surface area contributed by atoms with Crippen LogP contribution in [-0.2, 0) is 11.3 Å². The van der Waals surface area contributed by atoms with Crippen LogP contribution in [-0.4, -0.2) is 18.1 Å². The maximum absolute atomic E-state index is 12.0. The van der Waals surface area contributed by atoms with E-state index in [-0.39, 0.29) is 5.91 Å². The van der Waals surface area contributed by atoms with E-state index in [1.165, 1.54) is 12.2 Å². The molecule has 0 radical (unpaired) electrons. The van der Waals surface area contributed by atoms with Crippen LogP contribution < -0.4 is 0 Å². The summed E-state index contributed by atoms with van der Waals surface area (Å²) in [6, 6.07) is 7.61. The quantitative estimate of drug-likeness (QED) is 0.700. The molecule has 2 rings (SSSR count). The summed E-state index contributed by atoms with van der Waals surface area (Å²) in [4.78, 5) is 17.1. The first-order valence-electron chi connectivity index (χ1n) is 4.87. The van der Waals surface area contributed by atoms with E-state index >= 15 is 0 Å². The van der Waals surface area contributed by atoms with Gasteiger partial charge in [0.15, 0.2) is 0 Å². The fourth-order valence-corrected chi connectivity index (χ4v) is 1.74. The van der Waals surface area contributed by atoms with Gasteiger partial charge in [0.1, 0.15) is 0 Å². The lowest BCUT2D eigenvalue weighted by Crippen LogP contribution is -2.27. The lowest BCUT2D eigenvalue weighted by Gasteiger charge is -2.18. The number of amides is 1. The molecule has 0 saturated heterocycles. The first-order valence-corrected chi connectivity index (χ1v) is 4.87. The van der Waals surface area contributed by atoms with Gasteiger partial charge in [-0.1, -0.05) is 24.3 Å². The van der Waals surface area contributed by atoms with Gasteiger partial charge in [-0.05, 0) is 25.0 Å². The lowest BCUT2D eigenvalue weighted by atomic mass is 10.1. The molecule has 3 heteroatoms. The third-order valence-corrected chi connectivity index (χ3v) is 2.55. The van der Waals surface area contributed by atoms with Crippen molar-refractivity contribution in [3.8, 4) is 0 Å². The second-order valence-corrected chi connectivity index (χ2v) is 3.49. The topological polar surface area (TPSA) is 29.5 Å². The van der Waals surface area contributed by atoms with Crippen molar-refractivity contribution in [1.82, 2.24) is 5.06 Å². The molecule has 1 aliphatic heterocycles. The van der Waals surface area contributed by atoms with Crippen molar-refractivity contribution in [3.05, 3.63) is 47.2 Å². The van der Waals surface area contributed by atoms with Crippen molar-refractivity contribution < 1.29 is 9.63 Å². The van der Waals surface area contributed by atoms with E-state index in [0.717, 1.165) is 17.7 Å². The molecular weight excluding hydrogens is 190 g/mol. The second-order valence-electron chi connectivity index (χ2n) is 3.49. The van der Waals surface area contributed by atoms with E-state index in [1.54, 1.807) is 0 Å². The molecular formula is C12H13NO2. The number of fused-ring (bicyclic) bond motifs is 1. The predicted molar refractivity (Wildman–Crippen MR) is 57.1 cm³/mol. The molecule has 15 heavy (non-hydrogen) atoms. The Balaban J connectivity index is 2.50. The van der Waals surface area contributed by atoms with Crippen LogP contribution in [0.4, 0.5) is 0 Å². The smallest absolute Gasteiger partial charge is 0.269 e. The van der Waals surface area contributed by atoms with Crippen LogP contribution in [0.15, 0.2) is 36.0 Å². The average molecular weight is 203 g/mol. The van der Waals surface area contributed by atoms with Crippen molar-refractivity contribution >= 4 is 5.91 Å². The van der Waals surface area contributed by atoms with Gasteiger partial charge >= 0.3 is 0 Å². The van der Waals surface area contributed by atoms with Crippen LogP contribution in [0.25, 0.3) is 0 Å². The molecule has 0 atom stereocenters. The molecule has 0 aromatic heterocycles. The second kappa shape index (κ2) is 3.87. The third kappa shape index (κ3) is 1.66. The number of benzene rings is 1. The summed E-state index contributed by atoms with van der Waals surface area (Å²) < 4.78 is 0. The Morgan fingerprint density at radius 2 is 2.07 bits per heavy atom. The minimum Gasteiger partial charge on any atom is -0.269 e. The fourth-order valence-electron chi connectivity index (χ4n) is 1.74. The Labute approximate surface area is 88.9 Å². The normalized spacial score (nSPS) is 15.7. The number of hydrogen-bond donors (Lipinski definition) is 0. The van der Waals surface area contributed by atoms with Gasteiger partial charge in [-0.25, -0.2) is 0 Å². The third-order valence-electron chi connectivity index (χ3n) is 2.55. The summed E-state index contributed by atoms with van der Waals surface area (Å²) in [5.74, 6) is -0.0978. The predicted octanol–water partition coefficient (Wildman–Crippen LogP) is 2.15. The van der Waals surface area contributed by atoms with Gasteiger partial charge < -0.3 is 0 Å². The Morgan fingerprint density at radius 1 is 1.33 bits per heavy atom. The van der Waals surface area contributed by atoms with Gasteiger partial charge in [0, 0.05) is 11.3 Å². The largest absolute Gasteiger partial charge is 0.282 e. The molecule has 0 fully saturated rings. The molecule has 1 aliphatic rings. The highest BCUT2D eigenvalue weighted by Crippen LogP contribution is 2.20. The highest BCUT2D eigenvalue weighted by atomic mass is 16.7. The number of nitrogens with zero attached hydrogens (tertiary/aromatic N) is 1. The molecule has 78 valence electrons. The van der Waals surface area contributed by atoms with Crippen molar-refractivity contribution in [2.45, 2.75) is 13.3 Å². The van der Waals surface area contributed by atoms with Gasteiger partial charge in [0.25, 0.3) is 5.91 Å². The lowest BCUT2D eigenvalue weighted by molar-refractivity contribution is -0.0683. The monoisotopic (exact) mass is 203 g/mol. The molecule has 0 spiro atoms. The molecule has 1 heterocycles. The molecule has 0 N–H and O–H groups in total. The van der Waals surface area contributed by atoms with Gasteiger partial charge in [-0.2, -0.15) is 5.06 Å². The highest BCUT2D eigenvalue weighted by Gasteiger charge is 2.22. The van der Waals surface area contributed by atoms with E-state index in [9.17, 15) is 4.79 Å². The zero-order valence-corrected chi connectivity index (χ0v) is 8.86. The molecule has 0 saturated carbocycles. The Hall–Kier alpha value is -1.61. The van der Waals surface area contributed by atoms with E-state index in [4.69, 9.17) is 4.84 Å². The van der Waals surface area contributed by atoms with E-state index < -0.39 is 0 Å². The Bertz CT molecular complexity index is 423. The van der Waals surface area contributed by atoms with Crippen molar-refractivity contribution in [3.63, 3.8) is 0 Å². The van der Waals surface area contributed by atoms with Crippen LogP contribution in [0.2, 0.25) is 0 Å². The summed E-state index contributed by atoms with van der Waals surface area (Å²) in [6.07, 6.45) is 2.76. The molecule has 0 unspecified atom stereocenters. The standard InChI is InChI=1S/C12H13NO2/c1-9-7-8-10-5-3-4-6-11(10)12(14)13(9)15-2/h3-7H,8H2,1-2H3. The molecule has 0 aliphatic carbocycles. The van der Waals surface area contributed by atoms with Crippen molar-refractivity contribution in [2.75, 3.05) is 7.11 Å². The first-order chi connectivity index (χ1) is 7.24. The maximum Gasteiger partial charge on any atom is 0.282 e. The number of hydrogen-bond acceptors (Lipinski definition) is 2. The van der Waals surface area contributed by atoms with Crippen LogP contribution in [0.5, 0.6) is 0 Å². The number of carbonyl (C=O) groups excluding carboxylic acids is 1. The molecule has 0 bridgehead atoms. The fraction of sp³-hybridized carbons (Fsp3) is 0.250. The van der Waals surface area contributed by atoms with Crippen molar-refractivity contribution in [2.24, 2.45) is 0 Å². The zero-order chi connectivity index (χ0) is 10.8. The number of allylic oxidation sites excluding steroid dienone is 2. The minimum atomic E-state index is -0.0978. The Morgan fingerprint density at radius 3 is 2.80 bits per heavy atom. The van der Waals surface area contributed by atoms with Gasteiger partial charge in [-0.15, -0.1) is 0 Å². The SMILES string of the molecule is CON1C(=O)c2ccccc2CC=C1C. The summed E-state index contributed by atoms with van der Waals surface area (Å²) >= 11 is 0. The van der Waals surface area contributed by atoms with Gasteiger partial charge in [0.05, 0.1) is 7.11 Å². The van der Waals surface area contributed by atoms with Crippen LogP contribution in [0.1, 0.15) is 22.8 Å². The minimum absolute atomic E-state index is 0.0978. The number of rotatable bonds is 1. The summed E-state index contributed by atoms with van der Waals surface area (Å²) in [5, 5.41) is 1.33. The number of hydroxylamine groups is 2. The summed E-state index contributed by atoms with van der Waals surface area (Å²) in [6.45, 7) is 1.87. The van der Waals surface area contributed by atoms with Crippen LogP contribution in [0, 0.1) is 0 Å². The highest BCUT2D eigenvalue weighted by molar-refractivity contribution is 5.96. The average Bonchev–Trinajstić information content (AvgIpc) is 2.38. The van der Waals surface area contributed by atoms with Gasteiger partial charge in [0.2, 0.25) is 0 Å². The molecule has 1 amide bonds. The zero-order valence-electron chi connectivity index (χ0n) is 8.86. The van der Waals surface area contributed by atoms with Crippen molar-refractivity contribution in [1.29, 1.82) is 0 Å². The maximum atomic E-state index is 12.0. The van der Waals surface area contributed by atoms with E-state index in [0.29, 0.717) is 5.56 Å². The first kappa shape index (κ1) is 9.93. The van der Waals surface area contributed by atoms with Crippen LogP contribution in [0.3, 0.4) is 0 Å².